The second-order valence-corrected chi connectivity index (χ2v) is 7.98. The molecule has 0 unspecified atom stereocenters. The zero-order chi connectivity index (χ0) is 25.1. The highest BCUT2D eigenvalue weighted by Crippen LogP contribution is 2.35. The Morgan fingerprint density at radius 1 is 1.06 bits per heavy atom. The summed E-state index contributed by atoms with van der Waals surface area (Å²) in [6.07, 6.45) is -2.99. The fraction of sp³-hybridized carbons (Fsp3) is 0.217. The van der Waals surface area contributed by atoms with Gasteiger partial charge in [-0.25, -0.2) is 4.98 Å². The minimum Gasteiger partial charge on any atom is -0.455 e. The average molecular weight is 519 g/mol. The molecule has 0 saturated heterocycles. The molecule has 0 spiro atoms. The van der Waals surface area contributed by atoms with Gasteiger partial charge in [-0.1, -0.05) is 48.3 Å². The first-order valence-electron chi connectivity index (χ1n) is 9.86. The van der Waals surface area contributed by atoms with Crippen LogP contribution in [0.2, 0.25) is 10.2 Å². The van der Waals surface area contributed by atoms with Gasteiger partial charge in [0.25, 0.3) is 11.8 Å². The summed E-state index contributed by atoms with van der Waals surface area (Å²) in [7, 11) is 0. The van der Waals surface area contributed by atoms with Crippen LogP contribution in [0.25, 0.3) is 0 Å². The molecule has 1 heterocycles. The Morgan fingerprint density at radius 3 is 2.44 bits per heavy atom. The summed E-state index contributed by atoms with van der Waals surface area (Å²) < 4.78 is 73.7. The van der Waals surface area contributed by atoms with E-state index < -0.39 is 35.7 Å². The van der Waals surface area contributed by atoms with Crippen LogP contribution in [0.3, 0.4) is 0 Å². The maximum Gasteiger partial charge on any atom is 0.416 e. The second kappa shape index (κ2) is 10.1. The van der Waals surface area contributed by atoms with E-state index in [9.17, 15) is 26.7 Å². The lowest BCUT2D eigenvalue weighted by molar-refractivity contribution is -0.137. The summed E-state index contributed by atoms with van der Waals surface area (Å²) in [5, 5.41) is 1.80. The number of halogens is 7. The van der Waals surface area contributed by atoms with Crippen molar-refractivity contribution in [3.05, 3.63) is 87.2 Å². The molecule has 1 N–H and O–H groups in total. The first kappa shape index (κ1) is 25.7. The molecule has 0 aliphatic carbocycles. The predicted octanol–water partition coefficient (Wildman–Crippen LogP) is 7.28. The standard InChI is InChI=1S/C23H17Cl2F5N2O2/c1-2-13-6-7-17(18(24)8-13)22(26,27)12-32-21(33)16-10-20(25)31-11-19(16)34-15-5-3-4-14(9-15)23(28,29)30/h3-11H,2,12H2,1H3,(H,32,33). The lowest BCUT2D eigenvalue weighted by atomic mass is 10.0. The van der Waals surface area contributed by atoms with Crippen LogP contribution in [0.4, 0.5) is 22.0 Å². The van der Waals surface area contributed by atoms with Crippen LogP contribution in [-0.2, 0) is 18.5 Å². The molecule has 180 valence electrons. The van der Waals surface area contributed by atoms with E-state index in [1.807, 2.05) is 6.92 Å². The number of alkyl halides is 5. The second-order valence-electron chi connectivity index (χ2n) is 7.19. The van der Waals surface area contributed by atoms with Crippen molar-refractivity contribution in [3.63, 3.8) is 0 Å². The van der Waals surface area contributed by atoms with Crippen LogP contribution in [0.15, 0.2) is 54.7 Å². The molecular weight excluding hydrogens is 502 g/mol. The largest absolute Gasteiger partial charge is 0.455 e. The van der Waals surface area contributed by atoms with Crippen molar-refractivity contribution in [2.45, 2.75) is 25.4 Å². The number of hydrogen-bond donors (Lipinski definition) is 1. The molecule has 0 radical (unpaired) electrons. The number of nitrogens with one attached hydrogen (secondary N) is 1. The number of nitrogens with zero attached hydrogens (tertiary/aromatic N) is 1. The van der Waals surface area contributed by atoms with Gasteiger partial charge >= 0.3 is 6.18 Å². The van der Waals surface area contributed by atoms with Crippen LogP contribution < -0.4 is 10.1 Å². The number of carbonyl (C=O) groups excluding carboxylic acids is 1. The van der Waals surface area contributed by atoms with Crippen LogP contribution in [0.1, 0.15) is 34.0 Å². The quantitative estimate of drug-likeness (QED) is 0.264. The Bertz CT molecular complexity index is 1200. The molecule has 1 amide bonds. The van der Waals surface area contributed by atoms with E-state index >= 15 is 0 Å². The van der Waals surface area contributed by atoms with Gasteiger partial charge in [-0.2, -0.15) is 22.0 Å². The van der Waals surface area contributed by atoms with Gasteiger partial charge in [-0.15, -0.1) is 0 Å². The maximum absolute atomic E-state index is 14.7. The minimum atomic E-state index is -4.61. The van der Waals surface area contributed by atoms with Crippen LogP contribution in [0, 0.1) is 0 Å². The number of amides is 1. The van der Waals surface area contributed by atoms with Crippen molar-refractivity contribution in [1.29, 1.82) is 0 Å². The first-order valence-corrected chi connectivity index (χ1v) is 10.6. The average Bonchev–Trinajstić information content (AvgIpc) is 2.78. The van der Waals surface area contributed by atoms with E-state index in [-0.39, 0.29) is 27.2 Å². The fourth-order valence-electron chi connectivity index (χ4n) is 3.00. The van der Waals surface area contributed by atoms with Gasteiger partial charge in [0.1, 0.15) is 10.9 Å². The van der Waals surface area contributed by atoms with Crippen LogP contribution in [-0.4, -0.2) is 17.4 Å². The number of pyridine rings is 1. The highest BCUT2D eigenvalue weighted by Gasteiger charge is 2.35. The number of aryl methyl sites for hydroxylation is 1. The zero-order valence-corrected chi connectivity index (χ0v) is 19.0. The van der Waals surface area contributed by atoms with E-state index in [2.05, 4.69) is 10.3 Å². The van der Waals surface area contributed by atoms with Gasteiger partial charge in [0.15, 0.2) is 5.75 Å². The normalized spacial score (nSPS) is 11.9. The zero-order valence-electron chi connectivity index (χ0n) is 17.5. The number of aromatic nitrogens is 1. The van der Waals surface area contributed by atoms with Gasteiger partial charge < -0.3 is 10.1 Å². The molecule has 3 aromatic rings. The fourth-order valence-corrected chi connectivity index (χ4v) is 3.50. The van der Waals surface area contributed by atoms with E-state index in [1.165, 1.54) is 24.3 Å². The molecule has 0 aliphatic rings. The molecule has 0 saturated carbocycles. The van der Waals surface area contributed by atoms with Gasteiger partial charge in [-0.05, 0) is 42.3 Å². The molecule has 0 fully saturated rings. The predicted molar refractivity (Wildman–Crippen MR) is 118 cm³/mol. The molecule has 4 nitrogen and oxygen atoms in total. The topological polar surface area (TPSA) is 51.2 Å². The Hall–Kier alpha value is -2.91. The van der Waals surface area contributed by atoms with E-state index in [4.69, 9.17) is 27.9 Å². The molecular formula is C23H17Cl2F5N2O2. The third kappa shape index (κ3) is 6.15. The van der Waals surface area contributed by atoms with Gasteiger partial charge in [-0.3, -0.25) is 4.79 Å². The Morgan fingerprint density at radius 2 is 1.79 bits per heavy atom. The maximum atomic E-state index is 14.7. The molecule has 11 heteroatoms. The van der Waals surface area contributed by atoms with Crippen molar-refractivity contribution in [2.24, 2.45) is 0 Å². The lowest BCUT2D eigenvalue weighted by Gasteiger charge is -2.20. The van der Waals surface area contributed by atoms with Crippen molar-refractivity contribution >= 4 is 29.1 Å². The molecule has 0 bridgehead atoms. The van der Waals surface area contributed by atoms with Gasteiger partial charge in [0, 0.05) is 5.56 Å². The van der Waals surface area contributed by atoms with Crippen LogP contribution in [0.5, 0.6) is 11.5 Å². The Balaban J connectivity index is 1.81. The summed E-state index contributed by atoms with van der Waals surface area (Å²) >= 11 is 11.8. The summed E-state index contributed by atoms with van der Waals surface area (Å²) in [6.45, 7) is 0.753. The van der Waals surface area contributed by atoms with Crippen molar-refractivity contribution in [3.8, 4) is 11.5 Å². The smallest absolute Gasteiger partial charge is 0.416 e. The number of rotatable bonds is 7. The number of carbonyl (C=O) groups is 1. The van der Waals surface area contributed by atoms with Crippen molar-refractivity contribution < 1.29 is 31.5 Å². The summed E-state index contributed by atoms with van der Waals surface area (Å²) in [5.74, 6) is -5.00. The third-order valence-electron chi connectivity index (χ3n) is 4.77. The number of hydrogen-bond acceptors (Lipinski definition) is 3. The first-order chi connectivity index (χ1) is 15.9. The highest BCUT2D eigenvalue weighted by molar-refractivity contribution is 6.31. The molecule has 2 aromatic carbocycles. The number of ether oxygens (including phenoxy) is 1. The highest BCUT2D eigenvalue weighted by atomic mass is 35.5. The number of benzene rings is 2. The van der Waals surface area contributed by atoms with Crippen LogP contribution >= 0.6 is 23.2 Å². The van der Waals surface area contributed by atoms with Gasteiger partial charge in [0.2, 0.25) is 0 Å². The van der Waals surface area contributed by atoms with Gasteiger partial charge in [0.05, 0.1) is 28.9 Å². The van der Waals surface area contributed by atoms with Crippen molar-refractivity contribution in [2.75, 3.05) is 6.54 Å². The monoisotopic (exact) mass is 518 g/mol. The molecule has 0 aliphatic heterocycles. The van der Waals surface area contributed by atoms with E-state index in [0.717, 1.165) is 36.0 Å². The Labute approximate surface area is 201 Å². The van der Waals surface area contributed by atoms with E-state index in [1.54, 1.807) is 0 Å². The summed E-state index contributed by atoms with van der Waals surface area (Å²) in [6, 6.07) is 9.13. The summed E-state index contributed by atoms with van der Waals surface area (Å²) in [5.41, 5.74) is -0.944. The van der Waals surface area contributed by atoms with Crippen molar-refractivity contribution in [1.82, 2.24) is 10.3 Å². The SMILES string of the molecule is CCc1ccc(C(F)(F)CNC(=O)c2cc(Cl)ncc2Oc2cccc(C(F)(F)F)c2)c(Cl)c1. The Kier molecular flexibility index (Phi) is 7.67. The third-order valence-corrected chi connectivity index (χ3v) is 5.29. The summed E-state index contributed by atoms with van der Waals surface area (Å²) in [4.78, 5) is 16.4. The molecule has 1 aromatic heterocycles. The molecule has 0 atom stereocenters. The molecule has 34 heavy (non-hydrogen) atoms. The lowest BCUT2D eigenvalue weighted by Crippen LogP contribution is -2.35. The minimum absolute atomic E-state index is 0.140. The molecule has 3 rings (SSSR count). The van der Waals surface area contributed by atoms with E-state index in [0.29, 0.717) is 6.42 Å².